The number of hydrogen-bond acceptors (Lipinski definition) is 9. The summed E-state index contributed by atoms with van der Waals surface area (Å²) in [5.74, 6) is -0.0622. The first kappa shape index (κ1) is 32.5. The second kappa shape index (κ2) is 13.2. The van der Waals surface area contributed by atoms with Gasteiger partial charge in [-0.2, -0.15) is 15.5 Å². The molecule has 240 valence electrons. The maximum absolute atomic E-state index is 14.7. The van der Waals surface area contributed by atoms with Crippen molar-refractivity contribution in [3.63, 3.8) is 0 Å². The van der Waals surface area contributed by atoms with E-state index in [1.165, 1.54) is 39.9 Å². The molecule has 1 atom stereocenters. The molecule has 1 aromatic carbocycles. The van der Waals surface area contributed by atoms with Crippen molar-refractivity contribution in [3.05, 3.63) is 68.4 Å². The maximum Gasteiger partial charge on any atom is 0.332 e. The van der Waals surface area contributed by atoms with Crippen LogP contribution < -0.4 is 21.3 Å². The lowest BCUT2D eigenvalue weighted by molar-refractivity contribution is -0.0437. The van der Waals surface area contributed by atoms with E-state index in [0.717, 1.165) is 0 Å². The van der Waals surface area contributed by atoms with Crippen LogP contribution in [-0.2, 0) is 16.8 Å². The molecule has 0 bridgehead atoms. The Kier molecular flexibility index (Phi) is 9.57. The third kappa shape index (κ3) is 6.59. The number of nitrogens with zero attached hydrogens (tertiary/aromatic N) is 6. The molecular formula is C32H40FN7O4S. The number of methoxy groups -OCH3 is 1. The molecule has 0 spiro atoms. The SMILES string of the molecule is COc1ccc(F)cc1[C@H](Cn1c(=O)n(C(C)(C)CNC(C)C)c(=O)c2c(C)c(-n3nccn3)sc21)OC1CCC(C#N)CC1. The molecule has 45 heavy (non-hydrogen) atoms. The minimum absolute atomic E-state index is 0.00672. The fourth-order valence-electron chi connectivity index (χ4n) is 5.97. The van der Waals surface area contributed by atoms with Crippen LogP contribution in [0.1, 0.15) is 70.6 Å². The molecule has 5 rings (SSSR count). The van der Waals surface area contributed by atoms with E-state index in [-0.39, 0.29) is 24.6 Å². The van der Waals surface area contributed by atoms with Gasteiger partial charge in [0.25, 0.3) is 5.56 Å². The number of nitrogens with one attached hydrogen (secondary N) is 1. The number of aryl methyl sites for hydroxylation is 1. The highest BCUT2D eigenvalue weighted by molar-refractivity contribution is 7.21. The van der Waals surface area contributed by atoms with Crippen LogP contribution in [0.2, 0.25) is 0 Å². The fraction of sp³-hybridized carbons (Fsp3) is 0.531. The summed E-state index contributed by atoms with van der Waals surface area (Å²) in [7, 11) is 1.51. The van der Waals surface area contributed by atoms with E-state index in [1.807, 2.05) is 34.6 Å². The van der Waals surface area contributed by atoms with Gasteiger partial charge in [-0.05, 0) is 64.7 Å². The number of benzene rings is 1. The number of thiophene rings is 1. The number of ether oxygens (including phenoxy) is 2. The summed E-state index contributed by atoms with van der Waals surface area (Å²) in [5, 5.41) is 22.3. The Balaban J connectivity index is 1.71. The summed E-state index contributed by atoms with van der Waals surface area (Å²) in [6.45, 7) is 9.92. The molecule has 1 aliphatic carbocycles. The van der Waals surface area contributed by atoms with Gasteiger partial charge in [-0.1, -0.05) is 25.2 Å². The monoisotopic (exact) mass is 637 g/mol. The molecule has 3 heterocycles. The van der Waals surface area contributed by atoms with Crippen molar-refractivity contribution in [2.75, 3.05) is 13.7 Å². The van der Waals surface area contributed by atoms with E-state index >= 15 is 0 Å². The predicted molar refractivity (Wildman–Crippen MR) is 171 cm³/mol. The first-order valence-electron chi connectivity index (χ1n) is 15.2. The van der Waals surface area contributed by atoms with Gasteiger partial charge in [0.2, 0.25) is 0 Å². The second-order valence-electron chi connectivity index (χ2n) is 12.5. The van der Waals surface area contributed by atoms with Crippen LogP contribution in [0.5, 0.6) is 5.75 Å². The van der Waals surface area contributed by atoms with E-state index in [2.05, 4.69) is 21.6 Å². The van der Waals surface area contributed by atoms with E-state index in [0.29, 0.717) is 64.3 Å². The molecule has 0 saturated heterocycles. The molecule has 13 heteroatoms. The number of nitriles is 1. The zero-order valence-electron chi connectivity index (χ0n) is 26.5. The lowest BCUT2D eigenvalue weighted by Crippen LogP contribution is -2.53. The third-order valence-electron chi connectivity index (χ3n) is 8.44. The Bertz CT molecular complexity index is 1810. The van der Waals surface area contributed by atoms with Gasteiger partial charge in [0, 0.05) is 29.6 Å². The summed E-state index contributed by atoms with van der Waals surface area (Å²) in [6.07, 6.45) is 4.83. The first-order valence-corrected chi connectivity index (χ1v) is 16.0. The van der Waals surface area contributed by atoms with Crippen molar-refractivity contribution in [3.8, 4) is 16.8 Å². The van der Waals surface area contributed by atoms with Crippen LogP contribution >= 0.6 is 11.3 Å². The van der Waals surface area contributed by atoms with Gasteiger partial charge in [0.15, 0.2) is 0 Å². The van der Waals surface area contributed by atoms with E-state index in [4.69, 9.17) is 9.47 Å². The number of hydrogen-bond donors (Lipinski definition) is 1. The zero-order chi connectivity index (χ0) is 32.5. The molecule has 1 aliphatic rings. The molecule has 3 aromatic heterocycles. The summed E-state index contributed by atoms with van der Waals surface area (Å²) in [4.78, 5) is 30.7. The topological polar surface area (TPSA) is 129 Å². The highest BCUT2D eigenvalue weighted by atomic mass is 32.1. The molecule has 1 saturated carbocycles. The minimum atomic E-state index is -0.893. The van der Waals surface area contributed by atoms with Gasteiger partial charge in [0.1, 0.15) is 27.5 Å². The van der Waals surface area contributed by atoms with Crippen molar-refractivity contribution in [1.82, 2.24) is 29.4 Å². The highest BCUT2D eigenvalue weighted by Gasteiger charge is 2.33. The Hall–Kier alpha value is -3.86. The molecule has 11 nitrogen and oxygen atoms in total. The van der Waals surface area contributed by atoms with Crippen LogP contribution in [0.25, 0.3) is 15.2 Å². The third-order valence-corrected chi connectivity index (χ3v) is 9.72. The van der Waals surface area contributed by atoms with Crippen LogP contribution in [-0.4, -0.2) is 49.9 Å². The average Bonchev–Trinajstić information content (AvgIpc) is 3.66. The summed E-state index contributed by atoms with van der Waals surface area (Å²) in [5.41, 5.74) is -0.677. The molecule has 4 aromatic rings. The Morgan fingerprint density at radius 3 is 2.49 bits per heavy atom. The normalized spacial score (nSPS) is 17.9. The molecule has 0 radical (unpaired) electrons. The van der Waals surface area contributed by atoms with Crippen LogP contribution in [0.3, 0.4) is 0 Å². The Morgan fingerprint density at radius 2 is 1.87 bits per heavy atom. The van der Waals surface area contributed by atoms with E-state index < -0.39 is 28.7 Å². The fourth-order valence-corrected chi connectivity index (χ4v) is 7.19. The smallest absolute Gasteiger partial charge is 0.332 e. The van der Waals surface area contributed by atoms with Gasteiger partial charge in [0.05, 0.1) is 49.1 Å². The molecule has 1 N–H and O–H groups in total. The quantitative estimate of drug-likeness (QED) is 0.248. The number of aromatic nitrogens is 5. The summed E-state index contributed by atoms with van der Waals surface area (Å²) >= 11 is 1.25. The largest absolute Gasteiger partial charge is 0.496 e. The predicted octanol–water partition coefficient (Wildman–Crippen LogP) is 4.83. The number of rotatable bonds is 11. The molecular weight excluding hydrogens is 597 g/mol. The summed E-state index contributed by atoms with van der Waals surface area (Å²) in [6, 6.07) is 6.72. The Morgan fingerprint density at radius 1 is 1.18 bits per heavy atom. The van der Waals surface area contributed by atoms with Gasteiger partial charge < -0.3 is 14.8 Å². The van der Waals surface area contributed by atoms with Crippen molar-refractivity contribution in [2.24, 2.45) is 5.92 Å². The van der Waals surface area contributed by atoms with Crippen LogP contribution in [0, 0.1) is 30.0 Å². The van der Waals surface area contributed by atoms with Crippen molar-refractivity contribution >= 4 is 21.6 Å². The van der Waals surface area contributed by atoms with E-state index in [1.54, 1.807) is 23.0 Å². The maximum atomic E-state index is 14.7. The van der Waals surface area contributed by atoms with Gasteiger partial charge in [-0.25, -0.2) is 9.18 Å². The molecule has 0 unspecified atom stereocenters. The van der Waals surface area contributed by atoms with Crippen LogP contribution in [0.15, 0.2) is 40.2 Å². The van der Waals surface area contributed by atoms with Crippen molar-refractivity contribution in [1.29, 1.82) is 5.26 Å². The van der Waals surface area contributed by atoms with Gasteiger partial charge in [-0.15, -0.1) is 4.80 Å². The first-order chi connectivity index (χ1) is 21.4. The van der Waals surface area contributed by atoms with Gasteiger partial charge in [-0.3, -0.25) is 13.9 Å². The number of halogens is 1. The molecule has 1 fully saturated rings. The minimum Gasteiger partial charge on any atom is -0.496 e. The van der Waals surface area contributed by atoms with Gasteiger partial charge >= 0.3 is 5.69 Å². The summed E-state index contributed by atoms with van der Waals surface area (Å²) < 4.78 is 29.9. The second-order valence-corrected chi connectivity index (χ2v) is 13.5. The number of fused-ring (bicyclic) bond motifs is 1. The van der Waals surface area contributed by atoms with E-state index in [9.17, 15) is 19.2 Å². The zero-order valence-corrected chi connectivity index (χ0v) is 27.4. The van der Waals surface area contributed by atoms with Crippen molar-refractivity contribution < 1.29 is 13.9 Å². The molecule has 0 amide bonds. The van der Waals surface area contributed by atoms with Crippen LogP contribution in [0.4, 0.5) is 4.39 Å². The highest BCUT2D eigenvalue weighted by Crippen LogP contribution is 2.37. The van der Waals surface area contributed by atoms with Crippen molar-refractivity contribution in [2.45, 2.75) is 90.6 Å². The standard InChI is InChI=1S/C32H40FN7O4S/c1-19(2)35-18-32(4,5)39-28(41)27-20(3)29(40-36-13-14-37-40)45-30(27)38(31(39)42)17-26(24-15-22(33)9-12-25(24)43-6)44-23-10-7-21(16-34)8-11-23/h9,12-15,19,21,23,26,35H,7-8,10-11,17-18H2,1-6H3/t21?,23?,26-/m0/s1. The molecule has 0 aliphatic heterocycles. The lowest BCUT2D eigenvalue weighted by Gasteiger charge is -2.32. The Labute approximate surface area is 265 Å². The lowest BCUT2D eigenvalue weighted by atomic mass is 9.88. The average molecular weight is 638 g/mol.